The average Bonchev–Trinajstić information content (AvgIpc) is 2.67. The van der Waals surface area contributed by atoms with Gasteiger partial charge in [0.2, 0.25) is 0 Å². The van der Waals surface area contributed by atoms with E-state index < -0.39 is 11.7 Å². The molecule has 0 unspecified atom stereocenters. The Hall–Kier alpha value is -2.73. The number of rotatable bonds is 2. The van der Waals surface area contributed by atoms with Gasteiger partial charge in [-0.1, -0.05) is 60.7 Å². The van der Waals surface area contributed by atoms with Crippen LogP contribution in [0, 0.1) is 0 Å². The molecule has 0 atom stereocenters. The van der Waals surface area contributed by atoms with Crippen molar-refractivity contribution in [2.75, 3.05) is 0 Å². The molecule has 2 aromatic carbocycles. The first-order chi connectivity index (χ1) is 12.9. The van der Waals surface area contributed by atoms with Gasteiger partial charge < -0.3 is 0 Å². The van der Waals surface area contributed by atoms with Gasteiger partial charge in [-0.05, 0) is 27.6 Å². The molecular weight excluding hydrogens is 417 g/mol. The van der Waals surface area contributed by atoms with Crippen molar-refractivity contribution in [3.05, 3.63) is 83.0 Å². The summed E-state index contributed by atoms with van der Waals surface area (Å²) in [7, 11) is 0. The molecule has 2 heterocycles. The Balaban J connectivity index is 2.21. The summed E-state index contributed by atoms with van der Waals surface area (Å²) in [5.74, 6) is 0. The van der Waals surface area contributed by atoms with Crippen molar-refractivity contribution in [2.24, 2.45) is 0 Å². The third kappa shape index (κ3) is 3.32. The van der Waals surface area contributed by atoms with Crippen molar-refractivity contribution in [1.82, 2.24) is 9.97 Å². The van der Waals surface area contributed by atoms with E-state index in [0.717, 1.165) is 0 Å². The van der Waals surface area contributed by atoms with Crippen LogP contribution >= 0.6 is 15.9 Å². The van der Waals surface area contributed by atoms with Crippen molar-refractivity contribution in [3.63, 3.8) is 0 Å². The van der Waals surface area contributed by atoms with Crippen LogP contribution in [0.4, 0.5) is 13.2 Å². The molecule has 2 aromatic heterocycles. The SMILES string of the molecule is FC(F)(F)c1c(-c2ccccc2)nc2ncc(Br)cc2c1-c1ccccc1. The van der Waals surface area contributed by atoms with Gasteiger partial charge in [0.1, 0.15) is 0 Å². The minimum atomic E-state index is -4.58. The zero-order valence-electron chi connectivity index (χ0n) is 13.8. The Morgan fingerprint density at radius 1 is 0.815 bits per heavy atom. The molecular formula is C21H12BrF3N2. The highest BCUT2D eigenvalue weighted by Crippen LogP contribution is 2.45. The van der Waals surface area contributed by atoms with Crippen molar-refractivity contribution >= 4 is 27.0 Å². The molecule has 0 spiro atoms. The van der Waals surface area contributed by atoms with Gasteiger partial charge in [0, 0.05) is 27.2 Å². The van der Waals surface area contributed by atoms with E-state index in [1.807, 2.05) is 0 Å². The Morgan fingerprint density at radius 3 is 2.00 bits per heavy atom. The molecule has 0 saturated heterocycles. The van der Waals surface area contributed by atoms with E-state index >= 15 is 0 Å². The fourth-order valence-electron chi connectivity index (χ4n) is 3.11. The zero-order chi connectivity index (χ0) is 19.0. The number of fused-ring (bicyclic) bond motifs is 1. The molecule has 2 nitrogen and oxygen atoms in total. The maximum atomic E-state index is 14.2. The first kappa shape index (κ1) is 17.7. The van der Waals surface area contributed by atoms with Crippen LogP contribution in [0.2, 0.25) is 0 Å². The van der Waals surface area contributed by atoms with E-state index in [1.165, 1.54) is 6.20 Å². The summed E-state index contributed by atoms with van der Waals surface area (Å²) in [6, 6.07) is 18.6. The van der Waals surface area contributed by atoms with E-state index in [-0.39, 0.29) is 16.9 Å². The third-order valence-electron chi connectivity index (χ3n) is 4.20. The van der Waals surface area contributed by atoms with E-state index in [4.69, 9.17) is 0 Å². The minimum Gasteiger partial charge on any atom is -0.235 e. The molecule has 0 aliphatic carbocycles. The number of alkyl halides is 3. The molecule has 0 fully saturated rings. The van der Waals surface area contributed by atoms with Crippen LogP contribution in [0.5, 0.6) is 0 Å². The van der Waals surface area contributed by atoms with Crippen LogP contribution in [0.1, 0.15) is 5.56 Å². The fourth-order valence-corrected chi connectivity index (χ4v) is 3.44. The summed E-state index contributed by atoms with van der Waals surface area (Å²) >= 11 is 3.31. The topological polar surface area (TPSA) is 25.8 Å². The van der Waals surface area contributed by atoms with Crippen LogP contribution in [-0.4, -0.2) is 9.97 Å². The Morgan fingerprint density at radius 2 is 1.41 bits per heavy atom. The predicted molar refractivity (Wildman–Crippen MR) is 103 cm³/mol. The van der Waals surface area contributed by atoms with Crippen LogP contribution in [-0.2, 0) is 6.18 Å². The standard InChI is InChI=1S/C21H12BrF3N2/c22-15-11-16-17(13-7-3-1-4-8-13)18(21(23,24)25)19(27-20(16)26-12-15)14-9-5-2-6-10-14/h1-12H. The molecule has 0 N–H and O–H groups in total. The van der Waals surface area contributed by atoms with Crippen LogP contribution < -0.4 is 0 Å². The highest BCUT2D eigenvalue weighted by atomic mass is 79.9. The van der Waals surface area contributed by atoms with Gasteiger partial charge in [-0.3, -0.25) is 0 Å². The summed E-state index contributed by atoms with van der Waals surface area (Å²) in [6.45, 7) is 0. The Kier molecular flexibility index (Phi) is 4.44. The largest absolute Gasteiger partial charge is 0.419 e. The van der Waals surface area contributed by atoms with Crippen molar-refractivity contribution in [1.29, 1.82) is 0 Å². The van der Waals surface area contributed by atoms with Gasteiger partial charge in [-0.25, -0.2) is 9.97 Å². The highest BCUT2D eigenvalue weighted by Gasteiger charge is 2.39. The van der Waals surface area contributed by atoms with E-state index in [1.54, 1.807) is 66.7 Å². The van der Waals surface area contributed by atoms with Gasteiger partial charge in [-0.15, -0.1) is 0 Å². The normalized spacial score (nSPS) is 11.7. The monoisotopic (exact) mass is 428 g/mol. The number of pyridine rings is 2. The molecule has 0 aliphatic heterocycles. The molecule has 4 aromatic rings. The molecule has 4 rings (SSSR count). The Bertz CT molecular complexity index is 1110. The summed E-state index contributed by atoms with van der Waals surface area (Å²) < 4.78 is 43.3. The quantitative estimate of drug-likeness (QED) is 0.353. The van der Waals surface area contributed by atoms with Gasteiger partial charge in [0.15, 0.2) is 5.65 Å². The van der Waals surface area contributed by atoms with E-state index in [2.05, 4.69) is 25.9 Å². The van der Waals surface area contributed by atoms with Crippen LogP contribution in [0.3, 0.4) is 0 Å². The first-order valence-corrected chi connectivity index (χ1v) is 8.92. The molecule has 134 valence electrons. The lowest BCUT2D eigenvalue weighted by molar-refractivity contribution is -0.136. The molecule has 0 bridgehead atoms. The second kappa shape index (κ2) is 6.78. The van der Waals surface area contributed by atoms with Gasteiger partial charge in [-0.2, -0.15) is 13.2 Å². The van der Waals surface area contributed by atoms with Gasteiger partial charge in [0.25, 0.3) is 0 Å². The predicted octanol–water partition coefficient (Wildman–Crippen LogP) is 6.75. The number of nitrogens with zero attached hydrogens (tertiary/aromatic N) is 2. The van der Waals surface area contributed by atoms with Gasteiger partial charge in [0.05, 0.1) is 11.3 Å². The zero-order valence-corrected chi connectivity index (χ0v) is 15.4. The second-order valence-corrected chi connectivity index (χ2v) is 6.88. The Labute approximate surface area is 161 Å². The van der Waals surface area contributed by atoms with E-state index in [9.17, 15) is 13.2 Å². The van der Waals surface area contributed by atoms with Gasteiger partial charge >= 0.3 is 6.18 Å². The van der Waals surface area contributed by atoms with E-state index in [0.29, 0.717) is 21.0 Å². The smallest absolute Gasteiger partial charge is 0.235 e. The third-order valence-corrected chi connectivity index (χ3v) is 4.63. The molecule has 27 heavy (non-hydrogen) atoms. The minimum absolute atomic E-state index is 0.0840. The summed E-state index contributed by atoms with van der Waals surface area (Å²) in [4.78, 5) is 8.54. The number of benzene rings is 2. The maximum absolute atomic E-state index is 14.2. The van der Waals surface area contributed by atoms with Crippen molar-refractivity contribution < 1.29 is 13.2 Å². The molecule has 0 radical (unpaired) electrons. The first-order valence-electron chi connectivity index (χ1n) is 8.12. The summed E-state index contributed by atoms with van der Waals surface area (Å²) in [5.41, 5.74) is 0.337. The van der Waals surface area contributed by atoms with Crippen molar-refractivity contribution in [2.45, 2.75) is 6.18 Å². The second-order valence-electron chi connectivity index (χ2n) is 5.96. The van der Waals surface area contributed by atoms with Crippen LogP contribution in [0.15, 0.2) is 77.4 Å². The summed E-state index contributed by atoms with van der Waals surface area (Å²) in [5, 5.41) is 0.350. The van der Waals surface area contributed by atoms with Crippen molar-refractivity contribution in [3.8, 4) is 22.4 Å². The lowest BCUT2D eigenvalue weighted by Gasteiger charge is -2.19. The molecule has 6 heteroatoms. The molecule has 0 aliphatic rings. The molecule has 0 saturated carbocycles. The summed E-state index contributed by atoms with van der Waals surface area (Å²) in [6.07, 6.45) is -3.05. The number of hydrogen-bond donors (Lipinski definition) is 0. The fraction of sp³-hybridized carbons (Fsp3) is 0.0476. The lowest BCUT2D eigenvalue weighted by atomic mass is 9.92. The maximum Gasteiger partial charge on any atom is 0.419 e. The average molecular weight is 429 g/mol. The lowest BCUT2D eigenvalue weighted by Crippen LogP contribution is -2.12. The number of halogens is 4. The highest BCUT2D eigenvalue weighted by molar-refractivity contribution is 9.10. The van der Waals surface area contributed by atoms with Crippen LogP contribution in [0.25, 0.3) is 33.4 Å². The number of aromatic nitrogens is 2. The number of hydrogen-bond acceptors (Lipinski definition) is 2. The molecule has 0 amide bonds.